The predicted molar refractivity (Wildman–Crippen MR) is 112 cm³/mol. The second kappa shape index (κ2) is 11.0. The van der Waals surface area contributed by atoms with Crippen molar-refractivity contribution in [3.63, 3.8) is 0 Å². The molecule has 2 aliphatic rings. The van der Waals surface area contributed by atoms with Crippen molar-refractivity contribution in [3.8, 4) is 5.75 Å². The summed E-state index contributed by atoms with van der Waals surface area (Å²) in [6.07, 6.45) is 9.05. The summed E-state index contributed by atoms with van der Waals surface area (Å²) in [5.41, 5.74) is 0. The summed E-state index contributed by atoms with van der Waals surface area (Å²) >= 11 is 5.87. The van der Waals surface area contributed by atoms with E-state index in [0.717, 1.165) is 44.6 Å². The van der Waals surface area contributed by atoms with Gasteiger partial charge in [-0.05, 0) is 94.6 Å². The molecule has 1 aromatic carbocycles. The standard InChI is InChI=1S/C22H33ClN2O3/c1-25(22(26)28-21-10-6-18(23)7-11-21)19-8-12-20(13-9-19)27-15-3-5-17-4-2-14-24-16-17/h6-7,10-11,17,19-20,24H,2-5,8-9,12-16H2,1H3. The summed E-state index contributed by atoms with van der Waals surface area (Å²) in [6.45, 7) is 3.21. The number of amides is 1. The molecule has 0 bridgehead atoms. The van der Waals surface area contributed by atoms with Crippen molar-refractivity contribution in [1.29, 1.82) is 0 Å². The molecule has 1 aromatic rings. The van der Waals surface area contributed by atoms with E-state index >= 15 is 0 Å². The van der Waals surface area contributed by atoms with Crippen LogP contribution in [0.25, 0.3) is 0 Å². The number of nitrogens with zero attached hydrogens (tertiary/aromatic N) is 1. The summed E-state index contributed by atoms with van der Waals surface area (Å²) in [5.74, 6) is 1.35. The van der Waals surface area contributed by atoms with Gasteiger partial charge in [-0.15, -0.1) is 0 Å². The minimum Gasteiger partial charge on any atom is -0.410 e. The van der Waals surface area contributed by atoms with Crippen LogP contribution in [0.3, 0.4) is 0 Å². The third kappa shape index (κ3) is 6.64. The van der Waals surface area contributed by atoms with Gasteiger partial charge in [0.15, 0.2) is 0 Å². The smallest absolute Gasteiger partial charge is 0.410 e. The fraction of sp³-hybridized carbons (Fsp3) is 0.682. The van der Waals surface area contributed by atoms with Crippen LogP contribution >= 0.6 is 11.6 Å². The lowest BCUT2D eigenvalue weighted by Crippen LogP contribution is -2.42. The molecule has 1 aliphatic heterocycles. The Bertz CT molecular complexity index is 596. The normalized spacial score (nSPS) is 25.3. The molecule has 1 amide bonds. The van der Waals surface area contributed by atoms with Gasteiger partial charge in [0, 0.05) is 24.7 Å². The summed E-state index contributed by atoms with van der Waals surface area (Å²) in [5, 5.41) is 4.10. The van der Waals surface area contributed by atoms with Crippen molar-refractivity contribution in [2.75, 3.05) is 26.7 Å². The second-order valence-corrected chi connectivity index (χ2v) is 8.53. The molecule has 1 aliphatic carbocycles. The topological polar surface area (TPSA) is 50.8 Å². The van der Waals surface area contributed by atoms with Crippen molar-refractivity contribution in [1.82, 2.24) is 10.2 Å². The van der Waals surface area contributed by atoms with Crippen LogP contribution in [0, 0.1) is 5.92 Å². The predicted octanol–water partition coefficient (Wildman–Crippen LogP) is 4.88. The SMILES string of the molecule is CN(C(=O)Oc1ccc(Cl)cc1)C1CCC(OCCCC2CCCNC2)CC1. The molecule has 28 heavy (non-hydrogen) atoms. The number of piperidine rings is 1. The number of carbonyl (C=O) groups is 1. The number of halogens is 1. The number of hydrogen-bond donors (Lipinski definition) is 1. The first-order valence-corrected chi connectivity index (χ1v) is 11.0. The van der Waals surface area contributed by atoms with Gasteiger partial charge >= 0.3 is 6.09 Å². The van der Waals surface area contributed by atoms with Gasteiger partial charge < -0.3 is 19.7 Å². The van der Waals surface area contributed by atoms with Gasteiger partial charge in [0.05, 0.1) is 6.10 Å². The molecule has 0 aromatic heterocycles. The van der Waals surface area contributed by atoms with Crippen LogP contribution in [0.1, 0.15) is 51.4 Å². The highest BCUT2D eigenvalue weighted by atomic mass is 35.5. The van der Waals surface area contributed by atoms with Gasteiger partial charge in [-0.1, -0.05) is 11.6 Å². The lowest BCUT2D eigenvalue weighted by Gasteiger charge is -2.34. The fourth-order valence-corrected chi connectivity index (χ4v) is 4.34. The molecule has 1 unspecified atom stereocenters. The summed E-state index contributed by atoms with van der Waals surface area (Å²) < 4.78 is 11.5. The van der Waals surface area contributed by atoms with Crippen molar-refractivity contribution in [2.45, 2.75) is 63.5 Å². The maximum atomic E-state index is 12.4. The first-order valence-electron chi connectivity index (χ1n) is 10.6. The molecular weight excluding hydrogens is 376 g/mol. The summed E-state index contributed by atoms with van der Waals surface area (Å²) in [7, 11) is 1.82. The van der Waals surface area contributed by atoms with Gasteiger partial charge in [0.2, 0.25) is 0 Å². The maximum absolute atomic E-state index is 12.4. The van der Waals surface area contributed by atoms with E-state index < -0.39 is 0 Å². The van der Waals surface area contributed by atoms with Crippen LogP contribution in [0.4, 0.5) is 4.79 Å². The molecule has 1 saturated carbocycles. The van der Waals surface area contributed by atoms with Crippen LogP contribution < -0.4 is 10.1 Å². The number of benzene rings is 1. The van der Waals surface area contributed by atoms with Gasteiger partial charge in [0.25, 0.3) is 0 Å². The number of carbonyl (C=O) groups excluding carboxylic acids is 1. The van der Waals surface area contributed by atoms with E-state index in [1.54, 1.807) is 29.2 Å². The Morgan fingerprint density at radius 2 is 1.93 bits per heavy atom. The monoisotopic (exact) mass is 408 g/mol. The number of ether oxygens (including phenoxy) is 2. The van der Waals surface area contributed by atoms with Crippen LogP contribution in [-0.4, -0.2) is 49.9 Å². The zero-order valence-corrected chi connectivity index (χ0v) is 17.6. The average Bonchev–Trinajstić information content (AvgIpc) is 2.73. The molecule has 0 radical (unpaired) electrons. The first-order chi connectivity index (χ1) is 13.6. The molecule has 2 fully saturated rings. The van der Waals surface area contributed by atoms with Gasteiger partial charge in [-0.3, -0.25) is 0 Å². The van der Waals surface area contributed by atoms with E-state index in [2.05, 4.69) is 5.32 Å². The Morgan fingerprint density at radius 3 is 2.61 bits per heavy atom. The van der Waals surface area contributed by atoms with Crippen molar-refractivity contribution >= 4 is 17.7 Å². The summed E-state index contributed by atoms with van der Waals surface area (Å²) in [4.78, 5) is 14.1. The highest BCUT2D eigenvalue weighted by Gasteiger charge is 2.28. The minimum absolute atomic E-state index is 0.216. The highest BCUT2D eigenvalue weighted by molar-refractivity contribution is 6.30. The molecule has 6 heteroatoms. The van der Waals surface area contributed by atoms with Crippen molar-refractivity contribution < 1.29 is 14.3 Å². The van der Waals surface area contributed by atoms with E-state index in [0.29, 0.717) is 16.9 Å². The van der Waals surface area contributed by atoms with Crippen LogP contribution in [0.5, 0.6) is 5.75 Å². The molecular formula is C22H33ClN2O3. The Kier molecular flexibility index (Phi) is 8.44. The van der Waals surface area contributed by atoms with E-state index in [-0.39, 0.29) is 12.1 Å². The highest BCUT2D eigenvalue weighted by Crippen LogP contribution is 2.26. The lowest BCUT2D eigenvalue weighted by molar-refractivity contribution is 0.00916. The number of hydrogen-bond acceptors (Lipinski definition) is 4. The molecule has 1 N–H and O–H groups in total. The zero-order valence-electron chi connectivity index (χ0n) is 16.9. The maximum Gasteiger partial charge on any atom is 0.415 e. The van der Waals surface area contributed by atoms with Gasteiger partial charge in [0.1, 0.15) is 5.75 Å². The van der Waals surface area contributed by atoms with Crippen molar-refractivity contribution in [3.05, 3.63) is 29.3 Å². The molecule has 5 nitrogen and oxygen atoms in total. The second-order valence-electron chi connectivity index (χ2n) is 8.09. The molecule has 3 rings (SSSR count). The van der Waals surface area contributed by atoms with E-state index in [4.69, 9.17) is 21.1 Å². The van der Waals surface area contributed by atoms with Crippen LogP contribution in [0.15, 0.2) is 24.3 Å². The Labute approximate surface area is 173 Å². The third-order valence-electron chi connectivity index (χ3n) is 6.01. The van der Waals surface area contributed by atoms with E-state index in [9.17, 15) is 4.79 Å². The molecule has 156 valence electrons. The minimum atomic E-state index is -0.312. The number of rotatable bonds is 7. The first kappa shape index (κ1) is 21.4. The quantitative estimate of drug-likeness (QED) is 0.653. The fourth-order valence-electron chi connectivity index (χ4n) is 4.22. The summed E-state index contributed by atoms with van der Waals surface area (Å²) in [6, 6.07) is 7.08. The van der Waals surface area contributed by atoms with Gasteiger partial charge in [-0.2, -0.15) is 0 Å². The third-order valence-corrected chi connectivity index (χ3v) is 6.26. The molecule has 1 heterocycles. The Morgan fingerprint density at radius 1 is 1.18 bits per heavy atom. The van der Waals surface area contributed by atoms with Crippen LogP contribution in [0.2, 0.25) is 5.02 Å². The van der Waals surface area contributed by atoms with E-state index in [1.807, 2.05) is 7.05 Å². The zero-order chi connectivity index (χ0) is 19.8. The molecule has 1 saturated heterocycles. The van der Waals surface area contributed by atoms with Crippen molar-refractivity contribution in [2.24, 2.45) is 5.92 Å². The molecule has 1 atom stereocenters. The largest absolute Gasteiger partial charge is 0.415 e. The Hall–Kier alpha value is -1.30. The molecule has 0 spiro atoms. The van der Waals surface area contributed by atoms with Crippen LogP contribution in [-0.2, 0) is 4.74 Å². The van der Waals surface area contributed by atoms with Gasteiger partial charge in [-0.25, -0.2) is 4.79 Å². The number of nitrogens with one attached hydrogen (secondary N) is 1. The Balaban J connectivity index is 1.31. The average molecular weight is 409 g/mol. The lowest BCUT2D eigenvalue weighted by atomic mass is 9.92. The van der Waals surface area contributed by atoms with E-state index in [1.165, 1.54) is 32.4 Å².